The van der Waals surface area contributed by atoms with Gasteiger partial charge in [0.25, 0.3) is 17.3 Å². The van der Waals surface area contributed by atoms with Gasteiger partial charge in [-0.1, -0.05) is 40.6 Å². The molecule has 0 atom stereocenters. The second-order valence-corrected chi connectivity index (χ2v) is 7.46. The van der Waals surface area contributed by atoms with Crippen molar-refractivity contribution >= 4 is 62.0 Å². The number of nitrogens with zero attached hydrogens (tertiary/aromatic N) is 4. The van der Waals surface area contributed by atoms with Gasteiger partial charge in [0.1, 0.15) is 0 Å². The van der Waals surface area contributed by atoms with Gasteiger partial charge in [0.2, 0.25) is 0 Å². The van der Waals surface area contributed by atoms with Gasteiger partial charge in [0.15, 0.2) is 4.80 Å². The number of benzene rings is 2. The number of non-ortho nitro benzene ring substituents is 2. The molecule has 0 aliphatic carbocycles. The lowest BCUT2D eigenvalue weighted by Gasteiger charge is -2.04. The predicted octanol–water partition coefficient (Wildman–Crippen LogP) is 4.75. The van der Waals surface area contributed by atoms with Crippen LogP contribution in [0.3, 0.4) is 0 Å². The van der Waals surface area contributed by atoms with E-state index in [9.17, 15) is 25.0 Å². The highest BCUT2D eigenvalue weighted by Crippen LogP contribution is 2.32. The monoisotopic (exact) mass is 452 g/mol. The Morgan fingerprint density at radius 3 is 2.34 bits per heavy atom. The number of nitro groups is 2. The maximum Gasteiger partial charge on any atom is 0.280 e. The molecule has 12 heteroatoms. The minimum absolute atomic E-state index is 0.239. The molecule has 1 amide bonds. The maximum absolute atomic E-state index is 12.6. The molecule has 0 aliphatic rings. The Morgan fingerprint density at radius 1 is 1.17 bits per heavy atom. The number of hydrogen-bond donors (Lipinski definition) is 0. The number of rotatable bonds is 5. The third kappa shape index (κ3) is 4.04. The van der Waals surface area contributed by atoms with Gasteiger partial charge in [0.05, 0.1) is 41.7 Å². The highest BCUT2D eigenvalue weighted by Gasteiger charge is 2.20. The van der Waals surface area contributed by atoms with Crippen LogP contribution in [0.15, 0.2) is 48.0 Å². The van der Waals surface area contributed by atoms with E-state index in [2.05, 4.69) is 11.6 Å². The van der Waals surface area contributed by atoms with Crippen molar-refractivity contribution < 1.29 is 14.6 Å². The zero-order valence-electron chi connectivity index (χ0n) is 14.4. The molecule has 3 aromatic rings. The van der Waals surface area contributed by atoms with Crippen LogP contribution in [0.4, 0.5) is 11.4 Å². The van der Waals surface area contributed by atoms with Gasteiger partial charge < -0.3 is 4.57 Å². The van der Waals surface area contributed by atoms with Crippen LogP contribution in [0.25, 0.3) is 10.2 Å². The molecule has 0 saturated carbocycles. The van der Waals surface area contributed by atoms with Gasteiger partial charge >= 0.3 is 0 Å². The van der Waals surface area contributed by atoms with Gasteiger partial charge in [-0.15, -0.1) is 6.58 Å². The molecule has 148 valence electrons. The summed E-state index contributed by atoms with van der Waals surface area (Å²) in [6, 6.07) is 5.98. The molecule has 0 bridgehead atoms. The average molecular weight is 453 g/mol. The van der Waals surface area contributed by atoms with Crippen LogP contribution in [0.5, 0.6) is 0 Å². The van der Waals surface area contributed by atoms with Crippen LogP contribution in [-0.2, 0) is 6.54 Å². The summed E-state index contributed by atoms with van der Waals surface area (Å²) in [4.78, 5) is 37.3. The Bertz CT molecular complexity index is 1230. The Hall–Kier alpha value is -3.08. The number of amides is 1. The number of fused-ring (bicyclic) bond motifs is 1. The lowest BCUT2D eigenvalue weighted by Crippen LogP contribution is -2.16. The lowest BCUT2D eigenvalue weighted by atomic mass is 10.1. The number of thiazole rings is 1. The Morgan fingerprint density at radius 2 is 1.79 bits per heavy atom. The van der Waals surface area contributed by atoms with E-state index >= 15 is 0 Å². The molecule has 0 unspecified atom stereocenters. The number of nitro benzene ring substituents is 2. The molecule has 29 heavy (non-hydrogen) atoms. The highest BCUT2D eigenvalue weighted by atomic mass is 35.5. The molecule has 3 rings (SSSR count). The number of allylic oxidation sites excluding steroid dienone is 1. The van der Waals surface area contributed by atoms with Crippen LogP contribution in [0.2, 0.25) is 10.0 Å². The quantitative estimate of drug-likeness (QED) is 0.314. The van der Waals surface area contributed by atoms with E-state index < -0.39 is 27.1 Å². The SMILES string of the molecule is C=CCn1c(=NC(=O)c2cc([N+](=O)[O-])cc([N+](=O)[O-])c2)sc2ccc(Cl)c(Cl)c21. The van der Waals surface area contributed by atoms with Gasteiger partial charge in [-0.25, -0.2) is 0 Å². The van der Waals surface area contributed by atoms with Gasteiger partial charge in [-0.3, -0.25) is 25.0 Å². The van der Waals surface area contributed by atoms with E-state index in [1.54, 1.807) is 22.8 Å². The first kappa shape index (κ1) is 20.6. The Labute approximate surface area is 176 Å². The zero-order chi connectivity index (χ0) is 21.3. The molecule has 9 nitrogen and oxygen atoms in total. The molecule has 1 aromatic heterocycles. The van der Waals surface area contributed by atoms with Crippen molar-refractivity contribution in [1.82, 2.24) is 4.57 Å². The maximum atomic E-state index is 12.6. The highest BCUT2D eigenvalue weighted by molar-refractivity contribution is 7.16. The normalized spacial score (nSPS) is 11.6. The third-order valence-corrected chi connectivity index (χ3v) is 5.65. The number of carbonyl (C=O) groups is 1. The predicted molar refractivity (Wildman–Crippen MR) is 110 cm³/mol. The summed E-state index contributed by atoms with van der Waals surface area (Å²) >= 11 is 13.5. The fraction of sp³-hybridized carbons (Fsp3) is 0.0588. The van der Waals surface area contributed by atoms with Crippen LogP contribution in [-0.4, -0.2) is 20.3 Å². The summed E-state index contributed by atoms with van der Waals surface area (Å²) in [6.07, 6.45) is 1.57. The summed E-state index contributed by atoms with van der Waals surface area (Å²) in [5.74, 6) is -0.872. The molecule has 0 N–H and O–H groups in total. The molecule has 1 heterocycles. The summed E-state index contributed by atoms with van der Waals surface area (Å²) in [5.41, 5.74) is -0.885. The van der Waals surface area contributed by atoms with E-state index in [0.717, 1.165) is 29.5 Å². The zero-order valence-corrected chi connectivity index (χ0v) is 16.7. The van der Waals surface area contributed by atoms with E-state index in [0.29, 0.717) is 15.2 Å². The van der Waals surface area contributed by atoms with Gasteiger partial charge in [-0.05, 0) is 12.1 Å². The largest absolute Gasteiger partial charge is 0.311 e. The van der Waals surface area contributed by atoms with Crippen LogP contribution < -0.4 is 4.80 Å². The summed E-state index contributed by atoms with van der Waals surface area (Å²) in [7, 11) is 0. The van der Waals surface area contributed by atoms with Gasteiger partial charge in [-0.2, -0.15) is 4.99 Å². The summed E-state index contributed by atoms with van der Waals surface area (Å²) < 4.78 is 2.32. The van der Waals surface area contributed by atoms with E-state index in [4.69, 9.17) is 23.2 Å². The van der Waals surface area contributed by atoms with Crippen molar-refractivity contribution in [3.8, 4) is 0 Å². The molecule has 0 spiro atoms. The fourth-order valence-corrected chi connectivity index (χ4v) is 4.09. The Kier molecular flexibility index (Phi) is 5.78. The summed E-state index contributed by atoms with van der Waals surface area (Å²) in [5, 5.41) is 22.7. The van der Waals surface area contributed by atoms with Crippen molar-refractivity contribution in [2.75, 3.05) is 0 Å². The van der Waals surface area contributed by atoms with Crippen molar-refractivity contribution in [2.24, 2.45) is 4.99 Å². The minimum atomic E-state index is -0.872. The number of aromatic nitrogens is 1. The second-order valence-electron chi connectivity index (χ2n) is 5.66. The number of halogens is 2. The standard InChI is InChI=1S/C17H10Cl2N4O5S/c1-2-5-21-15-13(4-3-12(18)14(15)19)29-17(21)20-16(24)9-6-10(22(25)26)8-11(7-9)23(27)28/h2-4,6-8H,1,5H2. The third-order valence-electron chi connectivity index (χ3n) is 3.81. The average Bonchev–Trinajstić information content (AvgIpc) is 3.02. The molecule has 0 aliphatic heterocycles. The van der Waals surface area contributed by atoms with E-state index in [-0.39, 0.29) is 21.9 Å². The van der Waals surface area contributed by atoms with Crippen molar-refractivity contribution in [3.63, 3.8) is 0 Å². The van der Waals surface area contributed by atoms with Crippen LogP contribution >= 0.6 is 34.5 Å². The minimum Gasteiger partial charge on any atom is -0.311 e. The first-order valence-corrected chi connectivity index (χ1v) is 9.41. The molecule has 0 radical (unpaired) electrons. The first-order valence-electron chi connectivity index (χ1n) is 7.84. The molecular weight excluding hydrogens is 443 g/mol. The van der Waals surface area contributed by atoms with Crippen molar-refractivity contribution in [3.05, 3.63) is 83.6 Å². The van der Waals surface area contributed by atoms with Gasteiger partial charge in [0, 0.05) is 18.7 Å². The number of carbonyl (C=O) groups excluding carboxylic acids is 1. The van der Waals surface area contributed by atoms with E-state index in [1.807, 2.05) is 0 Å². The first-order chi connectivity index (χ1) is 13.7. The van der Waals surface area contributed by atoms with Crippen molar-refractivity contribution in [1.29, 1.82) is 0 Å². The molecular formula is C17H10Cl2N4O5S. The molecule has 0 fully saturated rings. The topological polar surface area (TPSA) is 121 Å². The fourth-order valence-electron chi connectivity index (χ4n) is 2.57. The second kappa shape index (κ2) is 8.11. The van der Waals surface area contributed by atoms with Crippen LogP contribution in [0, 0.1) is 20.2 Å². The number of hydrogen-bond acceptors (Lipinski definition) is 6. The smallest absolute Gasteiger partial charge is 0.280 e. The summed E-state index contributed by atoms with van der Waals surface area (Å²) in [6.45, 7) is 3.93. The van der Waals surface area contributed by atoms with Crippen molar-refractivity contribution in [2.45, 2.75) is 6.54 Å². The van der Waals surface area contributed by atoms with Crippen LogP contribution in [0.1, 0.15) is 10.4 Å². The molecule has 0 saturated heterocycles. The van der Waals surface area contributed by atoms with E-state index in [1.165, 1.54) is 0 Å². The Balaban J connectivity index is 2.22. The lowest BCUT2D eigenvalue weighted by molar-refractivity contribution is -0.394. The molecule has 2 aromatic carbocycles.